The van der Waals surface area contributed by atoms with Crippen LogP contribution in [0, 0.1) is 0 Å². The zero-order valence-corrected chi connectivity index (χ0v) is 10.2. The molecule has 2 rings (SSSR count). The Morgan fingerprint density at radius 3 is 2.88 bits per heavy atom. The van der Waals surface area contributed by atoms with E-state index in [9.17, 15) is 8.42 Å². The van der Waals surface area contributed by atoms with Gasteiger partial charge in [0.2, 0.25) is 10.0 Å². The molecule has 0 spiro atoms. The molecular weight excluding hydrogens is 244 g/mol. The number of tetrazole rings is 1. The van der Waals surface area contributed by atoms with E-state index in [4.69, 9.17) is 0 Å². The van der Waals surface area contributed by atoms with Crippen molar-refractivity contribution in [2.45, 2.75) is 31.8 Å². The molecule has 1 aliphatic rings. The standard InChI is InChI=1S/C8H16N6O2S/c15-17(16,5-1-4-9-7-2-3-7)10-6-8-11-13-14-12-8/h7,9-10H,1-6H2,(H,11,12,13,14). The largest absolute Gasteiger partial charge is 0.314 e. The summed E-state index contributed by atoms with van der Waals surface area (Å²) in [7, 11) is -3.25. The van der Waals surface area contributed by atoms with Crippen LogP contribution in [0.1, 0.15) is 25.1 Å². The van der Waals surface area contributed by atoms with Crippen LogP contribution in [-0.2, 0) is 16.6 Å². The van der Waals surface area contributed by atoms with Crippen molar-refractivity contribution < 1.29 is 8.42 Å². The predicted molar refractivity (Wildman–Crippen MR) is 60.4 cm³/mol. The predicted octanol–water partition coefficient (Wildman–Crippen LogP) is -1.24. The van der Waals surface area contributed by atoms with E-state index in [2.05, 4.69) is 30.7 Å². The molecule has 1 heterocycles. The second kappa shape index (κ2) is 5.52. The van der Waals surface area contributed by atoms with Crippen LogP contribution in [0.5, 0.6) is 0 Å². The molecule has 1 saturated carbocycles. The van der Waals surface area contributed by atoms with Crippen molar-refractivity contribution in [1.29, 1.82) is 0 Å². The number of H-pyrrole nitrogens is 1. The van der Waals surface area contributed by atoms with Crippen LogP contribution < -0.4 is 10.0 Å². The summed E-state index contributed by atoms with van der Waals surface area (Å²) < 4.78 is 25.5. The molecule has 0 radical (unpaired) electrons. The lowest BCUT2D eigenvalue weighted by molar-refractivity contribution is 0.572. The van der Waals surface area contributed by atoms with Crippen LogP contribution in [-0.4, -0.2) is 47.4 Å². The molecule has 96 valence electrons. The van der Waals surface area contributed by atoms with Gasteiger partial charge in [-0.25, -0.2) is 13.1 Å². The Hall–Kier alpha value is -1.06. The quantitative estimate of drug-likeness (QED) is 0.504. The fraction of sp³-hybridized carbons (Fsp3) is 0.875. The Bertz CT molecular complexity index is 427. The molecular formula is C8H16N6O2S. The van der Waals surface area contributed by atoms with Crippen molar-refractivity contribution in [2.24, 2.45) is 0 Å². The molecule has 17 heavy (non-hydrogen) atoms. The van der Waals surface area contributed by atoms with E-state index in [1.807, 2.05) is 0 Å². The van der Waals surface area contributed by atoms with Gasteiger partial charge < -0.3 is 5.32 Å². The Balaban J connectivity index is 1.63. The average molecular weight is 260 g/mol. The van der Waals surface area contributed by atoms with E-state index in [1.165, 1.54) is 12.8 Å². The van der Waals surface area contributed by atoms with Gasteiger partial charge in [0.1, 0.15) is 0 Å². The third kappa shape index (κ3) is 4.75. The van der Waals surface area contributed by atoms with Crippen molar-refractivity contribution in [3.05, 3.63) is 5.82 Å². The molecule has 0 aromatic carbocycles. The van der Waals surface area contributed by atoms with Gasteiger partial charge in [0, 0.05) is 6.04 Å². The molecule has 1 fully saturated rings. The summed E-state index contributed by atoms with van der Waals surface area (Å²) in [6, 6.07) is 0.616. The first-order valence-electron chi connectivity index (χ1n) is 5.59. The smallest absolute Gasteiger partial charge is 0.212 e. The van der Waals surface area contributed by atoms with Crippen molar-refractivity contribution >= 4 is 10.0 Å². The van der Waals surface area contributed by atoms with Gasteiger partial charge in [0.05, 0.1) is 12.3 Å². The van der Waals surface area contributed by atoms with Gasteiger partial charge in [0.25, 0.3) is 0 Å². The van der Waals surface area contributed by atoms with Crippen LogP contribution in [0.25, 0.3) is 0 Å². The zero-order chi connectivity index (χ0) is 12.1. The number of hydrogen-bond donors (Lipinski definition) is 3. The molecule has 0 saturated heterocycles. The van der Waals surface area contributed by atoms with E-state index in [1.54, 1.807) is 0 Å². The molecule has 0 amide bonds. The van der Waals surface area contributed by atoms with Gasteiger partial charge in [-0.3, -0.25) is 0 Å². The first kappa shape index (κ1) is 12.4. The molecule has 0 atom stereocenters. The van der Waals surface area contributed by atoms with Gasteiger partial charge in [0.15, 0.2) is 5.82 Å². The lowest BCUT2D eigenvalue weighted by Gasteiger charge is -2.05. The zero-order valence-electron chi connectivity index (χ0n) is 9.39. The summed E-state index contributed by atoms with van der Waals surface area (Å²) in [5, 5.41) is 16.2. The second-order valence-corrected chi connectivity index (χ2v) is 5.98. The molecule has 0 aliphatic heterocycles. The van der Waals surface area contributed by atoms with Crippen LogP contribution >= 0.6 is 0 Å². The molecule has 0 unspecified atom stereocenters. The minimum atomic E-state index is -3.25. The maximum atomic E-state index is 11.6. The van der Waals surface area contributed by atoms with Crippen molar-refractivity contribution in [3.63, 3.8) is 0 Å². The van der Waals surface area contributed by atoms with Crippen molar-refractivity contribution in [1.82, 2.24) is 30.7 Å². The fourth-order valence-electron chi connectivity index (χ4n) is 1.36. The van der Waals surface area contributed by atoms with Gasteiger partial charge in [-0.1, -0.05) is 5.21 Å². The monoisotopic (exact) mass is 260 g/mol. The molecule has 3 N–H and O–H groups in total. The summed E-state index contributed by atoms with van der Waals surface area (Å²) in [5.41, 5.74) is 0. The minimum absolute atomic E-state index is 0.0783. The molecule has 9 heteroatoms. The van der Waals surface area contributed by atoms with Crippen LogP contribution in [0.3, 0.4) is 0 Å². The Kier molecular flexibility index (Phi) is 4.02. The summed E-state index contributed by atoms with van der Waals surface area (Å²) >= 11 is 0. The molecule has 1 aromatic rings. The maximum absolute atomic E-state index is 11.6. The number of nitrogens with zero attached hydrogens (tertiary/aromatic N) is 3. The third-order valence-corrected chi connectivity index (χ3v) is 3.85. The first-order valence-corrected chi connectivity index (χ1v) is 7.24. The topological polar surface area (TPSA) is 113 Å². The highest BCUT2D eigenvalue weighted by atomic mass is 32.2. The number of sulfonamides is 1. The fourth-order valence-corrected chi connectivity index (χ4v) is 2.38. The van der Waals surface area contributed by atoms with Crippen LogP contribution in [0.2, 0.25) is 0 Å². The van der Waals surface area contributed by atoms with Gasteiger partial charge in [-0.05, 0) is 25.8 Å². The summed E-state index contributed by atoms with van der Waals surface area (Å²) in [5.74, 6) is 0.453. The molecule has 1 aliphatic carbocycles. The molecule has 1 aromatic heterocycles. The van der Waals surface area contributed by atoms with Gasteiger partial charge in [-0.2, -0.15) is 5.21 Å². The third-order valence-electron chi connectivity index (χ3n) is 2.44. The molecule has 0 bridgehead atoms. The van der Waals surface area contributed by atoms with Gasteiger partial charge in [-0.15, -0.1) is 10.2 Å². The lowest BCUT2D eigenvalue weighted by Crippen LogP contribution is -2.28. The summed E-state index contributed by atoms with van der Waals surface area (Å²) in [6.07, 6.45) is 3.03. The highest BCUT2D eigenvalue weighted by molar-refractivity contribution is 7.89. The highest BCUT2D eigenvalue weighted by Crippen LogP contribution is 2.18. The summed E-state index contributed by atoms with van der Waals surface area (Å²) in [6.45, 7) is 0.822. The second-order valence-electron chi connectivity index (χ2n) is 4.05. The number of hydrogen-bond acceptors (Lipinski definition) is 6. The number of aromatic nitrogens is 4. The Labute approximate surface area is 99.6 Å². The van der Waals surface area contributed by atoms with Crippen LogP contribution in [0.15, 0.2) is 0 Å². The van der Waals surface area contributed by atoms with Crippen molar-refractivity contribution in [3.8, 4) is 0 Å². The van der Waals surface area contributed by atoms with E-state index in [0.29, 0.717) is 18.3 Å². The van der Waals surface area contributed by atoms with Crippen molar-refractivity contribution in [2.75, 3.05) is 12.3 Å². The summed E-state index contributed by atoms with van der Waals surface area (Å²) in [4.78, 5) is 0. The van der Waals surface area contributed by atoms with E-state index >= 15 is 0 Å². The lowest BCUT2D eigenvalue weighted by atomic mass is 10.5. The van der Waals surface area contributed by atoms with E-state index in [-0.39, 0.29) is 12.3 Å². The first-order chi connectivity index (χ1) is 8.16. The SMILES string of the molecule is O=S(=O)(CCCNC1CC1)NCc1nn[nH]n1. The average Bonchev–Trinajstić information content (AvgIpc) is 2.96. The number of nitrogens with one attached hydrogen (secondary N) is 3. The number of rotatable bonds is 8. The Morgan fingerprint density at radius 2 is 2.24 bits per heavy atom. The maximum Gasteiger partial charge on any atom is 0.212 e. The molecule has 8 nitrogen and oxygen atoms in total. The van der Waals surface area contributed by atoms with E-state index < -0.39 is 10.0 Å². The Morgan fingerprint density at radius 1 is 1.41 bits per heavy atom. The van der Waals surface area contributed by atoms with Crippen LogP contribution in [0.4, 0.5) is 0 Å². The normalized spacial score (nSPS) is 16.2. The highest BCUT2D eigenvalue weighted by Gasteiger charge is 2.20. The van der Waals surface area contributed by atoms with Gasteiger partial charge >= 0.3 is 0 Å². The number of aromatic amines is 1. The van der Waals surface area contributed by atoms with E-state index in [0.717, 1.165) is 6.54 Å². The minimum Gasteiger partial charge on any atom is -0.314 e.